The molecule has 1 aromatic carbocycles. The molecule has 0 radical (unpaired) electrons. The molecule has 0 saturated heterocycles. The molecule has 8 heteroatoms. The summed E-state index contributed by atoms with van der Waals surface area (Å²) >= 11 is 2.88. The number of rotatable bonds is 5. The van der Waals surface area contributed by atoms with E-state index in [4.69, 9.17) is 4.74 Å². The molecule has 0 amide bonds. The van der Waals surface area contributed by atoms with Crippen LogP contribution in [0.3, 0.4) is 0 Å². The second-order valence-corrected chi connectivity index (χ2v) is 7.06. The maximum absolute atomic E-state index is 11.8. The number of carbonyl (C=O) groups excluding carboxylic acids is 1. The van der Waals surface area contributed by atoms with E-state index in [-0.39, 0.29) is 12.2 Å². The molecule has 6 nitrogen and oxygen atoms in total. The van der Waals surface area contributed by atoms with Gasteiger partial charge in [-0.25, -0.2) is 9.78 Å². The number of esters is 1. The number of aryl methyl sites for hydroxylation is 1. The number of hydrogen-bond donors (Lipinski definition) is 0. The van der Waals surface area contributed by atoms with Crippen LogP contribution in [0.1, 0.15) is 16.3 Å². The van der Waals surface area contributed by atoms with Crippen molar-refractivity contribution in [2.24, 2.45) is 0 Å². The van der Waals surface area contributed by atoms with Gasteiger partial charge < -0.3 is 4.74 Å². The summed E-state index contributed by atoms with van der Waals surface area (Å²) in [6.45, 7) is 1.75. The Bertz CT molecular complexity index is 991. The molecule has 25 heavy (non-hydrogen) atoms. The molecule has 0 bridgehead atoms. The predicted octanol–water partition coefficient (Wildman–Crippen LogP) is 2.94. The molecule has 0 aliphatic heterocycles. The number of ether oxygens (including phenoxy) is 1. The standard InChI is InChI=1S/C17H15N3O3S2/c1-11-9-15(21)20-17(18-11)25-14(19-20)10-23-16(22)8-5-12-3-6-13(24-2)7-4-12/h3-9H,10H2,1-2H3/b8-5+. The highest BCUT2D eigenvalue weighted by Crippen LogP contribution is 2.16. The summed E-state index contributed by atoms with van der Waals surface area (Å²) in [5.74, 6) is -0.468. The van der Waals surface area contributed by atoms with Crippen LogP contribution in [0, 0.1) is 6.92 Å². The summed E-state index contributed by atoms with van der Waals surface area (Å²) in [4.78, 5) is 29.5. The average Bonchev–Trinajstić information content (AvgIpc) is 3.02. The van der Waals surface area contributed by atoms with Crippen molar-refractivity contribution in [1.82, 2.24) is 14.6 Å². The second-order valence-electron chi connectivity index (χ2n) is 5.14. The highest BCUT2D eigenvalue weighted by molar-refractivity contribution is 7.98. The van der Waals surface area contributed by atoms with E-state index in [2.05, 4.69) is 10.1 Å². The first kappa shape index (κ1) is 17.4. The first-order chi connectivity index (χ1) is 12.0. The van der Waals surface area contributed by atoms with Crippen LogP contribution < -0.4 is 5.56 Å². The van der Waals surface area contributed by atoms with E-state index in [1.165, 1.54) is 28.0 Å². The Balaban J connectivity index is 1.62. The van der Waals surface area contributed by atoms with Gasteiger partial charge in [0.05, 0.1) is 0 Å². The van der Waals surface area contributed by atoms with Crippen molar-refractivity contribution in [3.63, 3.8) is 0 Å². The van der Waals surface area contributed by atoms with Crippen molar-refractivity contribution in [1.29, 1.82) is 0 Å². The molecule has 2 aromatic heterocycles. The molecular weight excluding hydrogens is 358 g/mol. The third-order valence-electron chi connectivity index (χ3n) is 3.28. The van der Waals surface area contributed by atoms with E-state index in [1.807, 2.05) is 30.5 Å². The molecule has 3 aromatic rings. The Kier molecular flexibility index (Phi) is 5.30. The number of hydrogen-bond acceptors (Lipinski definition) is 7. The normalized spacial score (nSPS) is 11.3. The van der Waals surface area contributed by atoms with Crippen LogP contribution in [0.2, 0.25) is 0 Å². The highest BCUT2D eigenvalue weighted by Gasteiger charge is 2.09. The number of aromatic nitrogens is 3. The lowest BCUT2D eigenvalue weighted by atomic mass is 10.2. The zero-order valence-corrected chi connectivity index (χ0v) is 15.3. The summed E-state index contributed by atoms with van der Waals surface area (Å²) in [6, 6.07) is 9.26. The van der Waals surface area contributed by atoms with Gasteiger partial charge >= 0.3 is 5.97 Å². The van der Waals surface area contributed by atoms with Crippen molar-refractivity contribution < 1.29 is 9.53 Å². The molecule has 0 N–H and O–H groups in total. The molecule has 0 atom stereocenters. The summed E-state index contributed by atoms with van der Waals surface area (Å²) < 4.78 is 6.38. The van der Waals surface area contributed by atoms with Crippen molar-refractivity contribution in [2.45, 2.75) is 18.4 Å². The first-order valence-corrected chi connectivity index (χ1v) is 9.44. The fraction of sp³-hybridized carbons (Fsp3) is 0.176. The fourth-order valence-electron chi connectivity index (χ4n) is 2.08. The van der Waals surface area contributed by atoms with E-state index in [0.717, 1.165) is 10.5 Å². The van der Waals surface area contributed by atoms with Crippen molar-refractivity contribution in [3.05, 3.63) is 63.0 Å². The van der Waals surface area contributed by atoms with E-state index in [0.29, 0.717) is 15.7 Å². The van der Waals surface area contributed by atoms with Gasteiger partial charge in [-0.15, -0.1) is 11.8 Å². The summed E-state index contributed by atoms with van der Waals surface area (Å²) in [5.41, 5.74) is 1.30. The largest absolute Gasteiger partial charge is 0.455 e. The van der Waals surface area contributed by atoms with Crippen LogP contribution in [-0.2, 0) is 16.1 Å². The van der Waals surface area contributed by atoms with Gasteiger partial charge in [0.2, 0.25) is 4.96 Å². The van der Waals surface area contributed by atoms with Gasteiger partial charge in [0.1, 0.15) is 6.61 Å². The molecule has 0 aliphatic carbocycles. The van der Waals surface area contributed by atoms with E-state index < -0.39 is 5.97 Å². The lowest BCUT2D eigenvalue weighted by Gasteiger charge is -1.98. The minimum atomic E-state index is -0.468. The zero-order chi connectivity index (χ0) is 17.8. The number of carbonyl (C=O) groups is 1. The average molecular weight is 373 g/mol. The Labute approximate surface area is 152 Å². The molecule has 0 aliphatic rings. The third-order valence-corrected chi connectivity index (χ3v) is 4.91. The van der Waals surface area contributed by atoms with Gasteiger partial charge in [0, 0.05) is 22.7 Å². The topological polar surface area (TPSA) is 73.6 Å². The molecule has 0 fully saturated rings. The SMILES string of the molecule is CSc1ccc(/C=C/C(=O)OCc2nn3c(=O)cc(C)nc3s2)cc1. The maximum atomic E-state index is 11.8. The Morgan fingerprint density at radius 3 is 2.84 bits per heavy atom. The van der Waals surface area contributed by atoms with E-state index >= 15 is 0 Å². The second kappa shape index (κ2) is 7.62. The van der Waals surface area contributed by atoms with Crippen LogP contribution >= 0.6 is 23.1 Å². The minimum absolute atomic E-state index is 0.00109. The smallest absolute Gasteiger partial charge is 0.331 e. The highest BCUT2D eigenvalue weighted by atomic mass is 32.2. The summed E-state index contributed by atoms with van der Waals surface area (Å²) in [7, 11) is 0. The van der Waals surface area contributed by atoms with Gasteiger partial charge in [0.15, 0.2) is 5.01 Å². The van der Waals surface area contributed by atoms with Crippen LogP contribution in [0.5, 0.6) is 0 Å². The Morgan fingerprint density at radius 1 is 1.36 bits per heavy atom. The van der Waals surface area contributed by atoms with Gasteiger partial charge in [-0.1, -0.05) is 23.5 Å². The van der Waals surface area contributed by atoms with Gasteiger partial charge in [-0.05, 0) is 37.0 Å². The minimum Gasteiger partial charge on any atom is -0.455 e. The quantitative estimate of drug-likeness (QED) is 0.389. The Hall–Kier alpha value is -2.45. The number of benzene rings is 1. The molecule has 3 rings (SSSR count). The lowest BCUT2D eigenvalue weighted by Crippen LogP contribution is -2.14. The van der Waals surface area contributed by atoms with Crippen molar-refractivity contribution >= 4 is 40.1 Å². The molecule has 2 heterocycles. The summed E-state index contributed by atoms with van der Waals surface area (Å²) in [5, 5.41) is 4.63. The monoisotopic (exact) mass is 373 g/mol. The third kappa shape index (κ3) is 4.34. The van der Waals surface area contributed by atoms with Crippen LogP contribution in [-0.4, -0.2) is 26.8 Å². The van der Waals surface area contributed by atoms with Crippen LogP contribution in [0.4, 0.5) is 0 Å². The van der Waals surface area contributed by atoms with Crippen LogP contribution in [0.25, 0.3) is 11.0 Å². The van der Waals surface area contributed by atoms with E-state index in [1.54, 1.807) is 24.8 Å². The molecule has 0 saturated carbocycles. The molecular formula is C17H15N3O3S2. The fourth-order valence-corrected chi connectivity index (χ4v) is 3.34. The van der Waals surface area contributed by atoms with Crippen molar-refractivity contribution in [2.75, 3.05) is 6.26 Å². The predicted molar refractivity (Wildman–Crippen MR) is 98.9 cm³/mol. The van der Waals surface area contributed by atoms with Crippen LogP contribution in [0.15, 0.2) is 46.1 Å². The summed E-state index contributed by atoms with van der Waals surface area (Å²) in [6.07, 6.45) is 5.07. The molecule has 128 valence electrons. The van der Waals surface area contributed by atoms with Crippen molar-refractivity contribution in [3.8, 4) is 0 Å². The molecule has 0 unspecified atom stereocenters. The maximum Gasteiger partial charge on any atom is 0.331 e. The van der Waals surface area contributed by atoms with E-state index in [9.17, 15) is 9.59 Å². The molecule has 0 spiro atoms. The zero-order valence-electron chi connectivity index (χ0n) is 13.6. The number of thioether (sulfide) groups is 1. The number of nitrogens with zero attached hydrogens (tertiary/aromatic N) is 3. The van der Waals surface area contributed by atoms with Gasteiger partial charge in [0.25, 0.3) is 5.56 Å². The first-order valence-electron chi connectivity index (χ1n) is 7.40. The number of fused-ring (bicyclic) bond motifs is 1. The lowest BCUT2D eigenvalue weighted by molar-refractivity contribution is -0.138. The Morgan fingerprint density at radius 2 is 2.12 bits per heavy atom. The van der Waals surface area contributed by atoms with Gasteiger partial charge in [-0.3, -0.25) is 4.79 Å². The van der Waals surface area contributed by atoms with Gasteiger partial charge in [-0.2, -0.15) is 9.61 Å².